The smallest absolute Gasteiger partial charge is 0.251 e. The fourth-order valence-corrected chi connectivity index (χ4v) is 1.51. The summed E-state index contributed by atoms with van der Waals surface area (Å²) in [7, 11) is 1.59. The molecule has 0 aliphatic carbocycles. The van der Waals surface area contributed by atoms with Gasteiger partial charge in [-0.15, -0.1) is 0 Å². The standard InChI is InChI=1S/C13H16N2O2/c1-10(7-8-14)15-13(16)12-6-4-3-5-11(12)9-17-2/h3-6,10H,7,9H2,1-2H3,(H,15,16)/t10-/m0/s1. The number of amides is 1. The number of hydrogen-bond acceptors (Lipinski definition) is 3. The van der Waals surface area contributed by atoms with Crippen LogP contribution in [0.1, 0.15) is 29.3 Å². The second kappa shape index (κ2) is 6.66. The second-order valence-corrected chi connectivity index (χ2v) is 3.83. The van der Waals surface area contributed by atoms with Crippen LogP contribution in [0.3, 0.4) is 0 Å². The summed E-state index contributed by atoms with van der Waals surface area (Å²) in [5, 5.41) is 11.3. The van der Waals surface area contributed by atoms with Crippen LogP contribution in [0.15, 0.2) is 24.3 Å². The number of carbonyl (C=O) groups is 1. The van der Waals surface area contributed by atoms with E-state index in [1.165, 1.54) is 0 Å². The highest BCUT2D eigenvalue weighted by molar-refractivity contribution is 5.95. The number of nitriles is 1. The van der Waals surface area contributed by atoms with Crippen LogP contribution in [0.5, 0.6) is 0 Å². The first-order valence-corrected chi connectivity index (χ1v) is 5.43. The molecule has 4 nitrogen and oxygen atoms in total. The molecule has 0 aliphatic heterocycles. The quantitative estimate of drug-likeness (QED) is 0.842. The molecule has 0 aromatic heterocycles. The van der Waals surface area contributed by atoms with Gasteiger partial charge in [0.2, 0.25) is 0 Å². The Hall–Kier alpha value is -1.86. The summed E-state index contributed by atoms with van der Waals surface area (Å²) < 4.78 is 5.04. The topological polar surface area (TPSA) is 62.1 Å². The Bertz CT molecular complexity index is 424. The van der Waals surface area contributed by atoms with Crippen LogP contribution in [0.4, 0.5) is 0 Å². The molecule has 90 valence electrons. The van der Waals surface area contributed by atoms with Gasteiger partial charge in [-0.1, -0.05) is 18.2 Å². The predicted molar refractivity (Wildman–Crippen MR) is 64.3 cm³/mol. The lowest BCUT2D eigenvalue weighted by Crippen LogP contribution is -2.32. The van der Waals surface area contributed by atoms with E-state index < -0.39 is 0 Å². The van der Waals surface area contributed by atoms with Crippen molar-refractivity contribution in [2.75, 3.05) is 7.11 Å². The van der Waals surface area contributed by atoms with Gasteiger partial charge in [0.1, 0.15) is 0 Å². The summed E-state index contributed by atoms with van der Waals surface area (Å²) in [6, 6.07) is 9.16. The molecule has 1 aromatic rings. The third-order valence-electron chi connectivity index (χ3n) is 2.34. The minimum absolute atomic E-state index is 0.150. The molecule has 1 aromatic carbocycles. The highest BCUT2D eigenvalue weighted by Gasteiger charge is 2.12. The number of methoxy groups -OCH3 is 1. The summed E-state index contributed by atoms with van der Waals surface area (Å²) in [5.74, 6) is -0.166. The van der Waals surface area contributed by atoms with Crippen molar-refractivity contribution < 1.29 is 9.53 Å². The maximum Gasteiger partial charge on any atom is 0.251 e. The highest BCUT2D eigenvalue weighted by atomic mass is 16.5. The molecule has 17 heavy (non-hydrogen) atoms. The average molecular weight is 232 g/mol. The van der Waals surface area contributed by atoms with Gasteiger partial charge in [0.25, 0.3) is 5.91 Å². The molecule has 0 bridgehead atoms. The fraction of sp³-hybridized carbons (Fsp3) is 0.385. The molecule has 0 aliphatic rings. The second-order valence-electron chi connectivity index (χ2n) is 3.83. The Kier molecular flexibility index (Phi) is 5.18. The van der Waals surface area contributed by atoms with Gasteiger partial charge >= 0.3 is 0 Å². The van der Waals surface area contributed by atoms with Crippen LogP contribution in [0, 0.1) is 11.3 Å². The zero-order valence-electron chi connectivity index (χ0n) is 10.1. The minimum atomic E-state index is -0.166. The molecule has 1 N–H and O–H groups in total. The number of ether oxygens (including phenoxy) is 1. The van der Waals surface area contributed by atoms with Crippen LogP contribution < -0.4 is 5.32 Å². The number of hydrogen-bond donors (Lipinski definition) is 1. The van der Waals surface area contributed by atoms with E-state index in [1.54, 1.807) is 20.1 Å². The first-order chi connectivity index (χ1) is 8.19. The van der Waals surface area contributed by atoms with Crippen molar-refractivity contribution in [2.24, 2.45) is 0 Å². The zero-order chi connectivity index (χ0) is 12.7. The van der Waals surface area contributed by atoms with Crippen molar-refractivity contribution in [1.29, 1.82) is 5.26 Å². The van der Waals surface area contributed by atoms with Crippen molar-refractivity contribution in [1.82, 2.24) is 5.32 Å². The Morgan fingerprint density at radius 2 is 2.24 bits per heavy atom. The van der Waals surface area contributed by atoms with Crippen LogP contribution in [-0.4, -0.2) is 19.1 Å². The van der Waals surface area contributed by atoms with Gasteiger partial charge in [0, 0.05) is 18.7 Å². The first-order valence-electron chi connectivity index (χ1n) is 5.43. The van der Waals surface area contributed by atoms with Gasteiger partial charge in [-0.3, -0.25) is 4.79 Å². The number of rotatable bonds is 5. The minimum Gasteiger partial charge on any atom is -0.380 e. The van der Waals surface area contributed by atoms with Crippen molar-refractivity contribution >= 4 is 5.91 Å². The lowest BCUT2D eigenvalue weighted by atomic mass is 10.1. The molecule has 0 spiro atoms. The largest absolute Gasteiger partial charge is 0.380 e. The van der Waals surface area contributed by atoms with E-state index in [1.807, 2.05) is 24.3 Å². The molecule has 0 saturated heterocycles. The molecule has 0 saturated carbocycles. The van der Waals surface area contributed by atoms with E-state index in [0.717, 1.165) is 5.56 Å². The fourth-order valence-electron chi connectivity index (χ4n) is 1.51. The maximum atomic E-state index is 11.9. The van der Waals surface area contributed by atoms with Crippen molar-refractivity contribution in [3.05, 3.63) is 35.4 Å². The summed E-state index contributed by atoms with van der Waals surface area (Å²) in [6.45, 7) is 2.20. The summed E-state index contributed by atoms with van der Waals surface area (Å²) in [4.78, 5) is 11.9. The normalized spacial score (nSPS) is 11.6. The molecular weight excluding hydrogens is 216 g/mol. The first kappa shape index (κ1) is 13.2. The lowest BCUT2D eigenvalue weighted by Gasteiger charge is -2.12. The maximum absolute atomic E-state index is 11.9. The zero-order valence-corrected chi connectivity index (χ0v) is 10.1. The molecule has 0 radical (unpaired) electrons. The highest BCUT2D eigenvalue weighted by Crippen LogP contribution is 2.10. The molecule has 0 heterocycles. The molecule has 1 rings (SSSR count). The van der Waals surface area contributed by atoms with Crippen molar-refractivity contribution in [3.8, 4) is 6.07 Å². The lowest BCUT2D eigenvalue weighted by molar-refractivity contribution is 0.0936. The summed E-state index contributed by atoms with van der Waals surface area (Å²) in [6.07, 6.45) is 0.304. The average Bonchev–Trinajstić information content (AvgIpc) is 2.30. The van der Waals surface area contributed by atoms with E-state index in [4.69, 9.17) is 10.00 Å². The SMILES string of the molecule is COCc1ccccc1C(=O)N[C@@H](C)CC#N. The van der Waals surface area contributed by atoms with Crippen molar-refractivity contribution in [3.63, 3.8) is 0 Å². The van der Waals surface area contributed by atoms with E-state index >= 15 is 0 Å². The van der Waals surface area contributed by atoms with Gasteiger partial charge in [-0.05, 0) is 18.6 Å². The van der Waals surface area contributed by atoms with Gasteiger partial charge < -0.3 is 10.1 Å². The van der Waals surface area contributed by atoms with Crippen LogP contribution in [-0.2, 0) is 11.3 Å². The molecule has 0 fully saturated rings. The Morgan fingerprint density at radius 1 is 1.53 bits per heavy atom. The Morgan fingerprint density at radius 3 is 2.88 bits per heavy atom. The van der Waals surface area contributed by atoms with Gasteiger partial charge in [0.15, 0.2) is 0 Å². The van der Waals surface area contributed by atoms with E-state index in [-0.39, 0.29) is 11.9 Å². The van der Waals surface area contributed by atoms with Crippen molar-refractivity contribution in [2.45, 2.75) is 26.0 Å². The van der Waals surface area contributed by atoms with E-state index in [9.17, 15) is 4.79 Å². The van der Waals surface area contributed by atoms with E-state index in [2.05, 4.69) is 5.32 Å². The van der Waals surface area contributed by atoms with Crippen LogP contribution in [0.25, 0.3) is 0 Å². The third-order valence-corrected chi connectivity index (χ3v) is 2.34. The molecule has 1 atom stereocenters. The number of nitrogens with one attached hydrogen (secondary N) is 1. The number of benzene rings is 1. The number of carbonyl (C=O) groups excluding carboxylic acids is 1. The summed E-state index contributed by atoms with van der Waals surface area (Å²) in [5.41, 5.74) is 1.44. The van der Waals surface area contributed by atoms with Crippen LogP contribution >= 0.6 is 0 Å². The van der Waals surface area contributed by atoms with E-state index in [0.29, 0.717) is 18.6 Å². The van der Waals surface area contributed by atoms with Crippen LogP contribution in [0.2, 0.25) is 0 Å². The third kappa shape index (κ3) is 3.89. The Labute approximate surface area is 101 Å². The molecule has 4 heteroatoms. The van der Waals surface area contributed by atoms with Gasteiger partial charge in [0.05, 0.1) is 19.1 Å². The number of nitrogens with zero attached hydrogens (tertiary/aromatic N) is 1. The predicted octanol–water partition coefficient (Wildman–Crippen LogP) is 1.86. The van der Waals surface area contributed by atoms with Gasteiger partial charge in [-0.25, -0.2) is 0 Å². The Balaban J connectivity index is 2.78. The summed E-state index contributed by atoms with van der Waals surface area (Å²) >= 11 is 0. The molecule has 1 amide bonds. The van der Waals surface area contributed by atoms with Gasteiger partial charge in [-0.2, -0.15) is 5.26 Å². The monoisotopic (exact) mass is 232 g/mol. The molecule has 0 unspecified atom stereocenters. The molecular formula is C13H16N2O2.